The molecule has 4 heteroatoms. The van der Waals surface area contributed by atoms with E-state index in [1.54, 1.807) is 18.2 Å². The van der Waals surface area contributed by atoms with Gasteiger partial charge in [-0.25, -0.2) is 4.99 Å². The maximum Gasteiger partial charge on any atom is 0.176 e. The number of hydrogen-bond donors (Lipinski definition) is 2. The van der Waals surface area contributed by atoms with Gasteiger partial charge in [-0.15, -0.1) is 0 Å². The van der Waals surface area contributed by atoms with Crippen LogP contribution >= 0.6 is 11.6 Å². The largest absolute Gasteiger partial charge is 0.397 e. The summed E-state index contributed by atoms with van der Waals surface area (Å²) in [6, 6.07) is 14.5. The first-order valence-electron chi connectivity index (χ1n) is 5.62. The van der Waals surface area contributed by atoms with Crippen LogP contribution in [0.1, 0.15) is 5.56 Å². The van der Waals surface area contributed by atoms with Crippen molar-refractivity contribution in [3.8, 4) is 11.8 Å². The van der Waals surface area contributed by atoms with Gasteiger partial charge in [0.15, 0.2) is 5.84 Å². The van der Waals surface area contributed by atoms with E-state index in [9.17, 15) is 0 Å². The number of rotatable bonds is 1. The molecule has 2 aromatic rings. The minimum atomic E-state index is 0.192. The Bertz CT molecular complexity index is 681. The lowest BCUT2D eigenvalue weighted by molar-refractivity contribution is 1.49. The zero-order valence-corrected chi connectivity index (χ0v) is 10.9. The molecule has 4 N–H and O–H groups in total. The van der Waals surface area contributed by atoms with Crippen molar-refractivity contribution in [3.05, 3.63) is 59.1 Å². The zero-order chi connectivity index (χ0) is 13.7. The minimum Gasteiger partial charge on any atom is -0.397 e. The Hall–Kier alpha value is -2.44. The predicted octanol–water partition coefficient (Wildman–Crippen LogP) is 2.96. The number of para-hydroxylation sites is 2. The number of nitrogen functional groups attached to an aromatic ring is 1. The molecule has 0 radical (unpaired) electrons. The first-order valence-corrected chi connectivity index (χ1v) is 6.00. The van der Waals surface area contributed by atoms with E-state index in [1.807, 2.05) is 30.3 Å². The number of nitrogens with two attached hydrogens (primary N) is 2. The number of benzene rings is 2. The second-order valence-corrected chi connectivity index (χ2v) is 4.19. The Morgan fingerprint density at radius 3 is 2.47 bits per heavy atom. The summed E-state index contributed by atoms with van der Waals surface area (Å²) in [7, 11) is 0. The van der Waals surface area contributed by atoms with Crippen molar-refractivity contribution in [2.75, 3.05) is 5.73 Å². The number of hydrogen-bond acceptors (Lipinski definition) is 2. The smallest absolute Gasteiger partial charge is 0.176 e. The molecular formula is C15H12ClN3. The van der Waals surface area contributed by atoms with Crippen LogP contribution in [0.3, 0.4) is 0 Å². The average molecular weight is 270 g/mol. The highest BCUT2D eigenvalue weighted by atomic mass is 35.5. The molecule has 94 valence electrons. The van der Waals surface area contributed by atoms with Crippen LogP contribution in [0.4, 0.5) is 11.4 Å². The molecule has 3 nitrogen and oxygen atoms in total. The molecule has 0 aliphatic carbocycles. The summed E-state index contributed by atoms with van der Waals surface area (Å²) >= 11 is 5.99. The fourth-order valence-corrected chi connectivity index (χ4v) is 1.62. The lowest BCUT2D eigenvalue weighted by Crippen LogP contribution is -2.07. The van der Waals surface area contributed by atoms with Crippen molar-refractivity contribution in [1.29, 1.82) is 0 Å². The fraction of sp³-hybridized carbons (Fsp3) is 0. The number of amidine groups is 1. The molecule has 0 saturated carbocycles. The van der Waals surface area contributed by atoms with Gasteiger partial charge in [0, 0.05) is 5.56 Å². The van der Waals surface area contributed by atoms with Gasteiger partial charge in [0.2, 0.25) is 0 Å². The predicted molar refractivity (Wildman–Crippen MR) is 80.5 cm³/mol. The van der Waals surface area contributed by atoms with E-state index in [0.717, 1.165) is 0 Å². The van der Waals surface area contributed by atoms with Gasteiger partial charge in [-0.05, 0) is 30.2 Å². The molecule has 0 aliphatic heterocycles. The summed E-state index contributed by atoms with van der Waals surface area (Å²) in [5.74, 6) is 5.82. The van der Waals surface area contributed by atoms with Gasteiger partial charge < -0.3 is 11.5 Å². The molecule has 0 fully saturated rings. The first kappa shape index (κ1) is 13.0. The maximum atomic E-state index is 5.99. The van der Waals surface area contributed by atoms with E-state index in [4.69, 9.17) is 23.1 Å². The van der Waals surface area contributed by atoms with Crippen molar-refractivity contribution in [2.45, 2.75) is 0 Å². The molecule has 0 bridgehead atoms. The Labute approximate surface area is 116 Å². The van der Waals surface area contributed by atoms with Crippen LogP contribution in [0.25, 0.3) is 0 Å². The molecule has 0 heterocycles. The third-order valence-corrected chi connectivity index (χ3v) is 2.71. The van der Waals surface area contributed by atoms with Crippen molar-refractivity contribution in [3.63, 3.8) is 0 Å². The Morgan fingerprint density at radius 1 is 1.05 bits per heavy atom. The quantitative estimate of drug-likeness (QED) is 0.362. The van der Waals surface area contributed by atoms with Crippen LogP contribution in [0, 0.1) is 11.8 Å². The highest BCUT2D eigenvalue weighted by Crippen LogP contribution is 2.20. The average Bonchev–Trinajstić information content (AvgIpc) is 2.40. The monoisotopic (exact) mass is 269 g/mol. The van der Waals surface area contributed by atoms with Crippen LogP contribution < -0.4 is 11.5 Å². The summed E-state index contributed by atoms with van der Waals surface area (Å²) in [6.07, 6.45) is 0. The van der Waals surface area contributed by atoms with Gasteiger partial charge in [0.05, 0.1) is 16.4 Å². The van der Waals surface area contributed by atoms with Crippen LogP contribution in [-0.4, -0.2) is 5.84 Å². The van der Waals surface area contributed by atoms with Crippen molar-refractivity contribution >= 4 is 28.8 Å². The van der Waals surface area contributed by atoms with Crippen LogP contribution in [0.5, 0.6) is 0 Å². The van der Waals surface area contributed by atoms with E-state index in [0.29, 0.717) is 22.0 Å². The van der Waals surface area contributed by atoms with Crippen LogP contribution in [0.2, 0.25) is 5.02 Å². The summed E-state index contributed by atoms with van der Waals surface area (Å²) in [5.41, 5.74) is 13.4. The molecule has 0 amide bonds. The highest BCUT2D eigenvalue weighted by Gasteiger charge is 1.96. The standard InChI is InChI=1S/C15H12ClN3/c16-12-6-2-1-5-11(12)9-10-15(18)19-14-8-4-3-7-13(14)17/h1-8H,17H2,(H2,18,19). The van der Waals surface area contributed by atoms with Crippen molar-refractivity contribution in [2.24, 2.45) is 10.7 Å². The van der Waals surface area contributed by atoms with Crippen molar-refractivity contribution in [1.82, 2.24) is 0 Å². The van der Waals surface area contributed by atoms with Gasteiger partial charge in [0.1, 0.15) is 0 Å². The molecule has 2 aromatic carbocycles. The molecule has 0 saturated heterocycles. The second kappa shape index (κ2) is 5.94. The van der Waals surface area contributed by atoms with Crippen molar-refractivity contribution < 1.29 is 0 Å². The summed E-state index contributed by atoms with van der Waals surface area (Å²) < 4.78 is 0. The highest BCUT2D eigenvalue weighted by molar-refractivity contribution is 6.31. The molecule has 0 aromatic heterocycles. The number of anilines is 1. The molecular weight excluding hydrogens is 258 g/mol. The van der Waals surface area contributed by atoms with Gasteiger partial charge in [0.25, 0.3) is 0 Å². The molecule has 19 heavy (non-hydrogen) atoms. The van der Waals surface area contributed by atoms with Gasteiger partial charge in [-0.2, -0.15) is 0 Å². The molecule has 2 rings (SSSR count). The molecule has 0 spiro atoms. The number of nitrogens with zero attached hydrogens (tertiary/aromatic N) is 1. The number of halogens is 1. The number of aliphatic imine (C=N–C) groups is 1. The normalized spacial score (nSPS) is 10.7. The Balaban J connectivity index is 2.26. The zero-order valence-electron chi connectivity index (χ0n) is 10.1. The molecule has 0 atom stereocenters. The Kier molecular flexibility index (Phi) is 4.07. The fourth-order valence-electron chi connectivity index (χ4n) is 1.44. The molecule has 0 aliphatic rings. The summed E-state index contributed by atoms with van der Waals surface area (Å²) in [6.45, 7) is 0. The van der Waals surface area contributed by atoms with E-state index in [-0.39, 0.29) is 5.84 Å². The maximum absolute atomic E-state index is 5.99. The third kappa shape index (κ3) is 3.51. The SMILES string of the molecule is NC(C#Cc1ccccc1Cl)=Nc1ccccc1N. The first-order chi connectivity index (χ1) is 9.16. The third-order valence-electron chi connectivity index (χ3n) is 2.38. The van der Waals surface area contributed by atoms with E-state index < -0.39 is 0 Å². The van der Waals surface area contributed by atoms with E-state index in [1.165, 1.54) is 0 Å². The summed E-state index contributed by atoms with van der Waals surface area (Å²) in [5, 5.41) is 0.585. The van der Waals surface area contributed by atoms with Crippen LogP contribution in [-0.2, 0) is 0 Å². The van der Waals surface area contributed by atoms with Gasteiger partial charge >= 0.3 is 0 Å². The van der Waals surface area contributed by atoms with E-state index >= 15 is 0 Å². The van der Waals surface area contributed by atoms with Crippen LogP contribution in [0.15, 0.2) is 53.5 Å². The topological polar surface area (TPSA) is 64.4 Å². The minimum absolute atomic E-state index is 0.192. The second-order valence-electron chi connectivity index (χ2n) is 3.79. The lowest BCUT2D eigenvalue weighted by Gasteiger charge is -1.98. The van der Waals surface area contributed by atoms with E-state index in [2.05, 4.69) is 16.8 Å². The van der Waals surface area contributed by atoms with Gasteiger partial charge in [-0.3, -0.25) is 0 Å². The Morgan fingerprint density at radius 2 is 1.74 bits per heavy atom. The van der Waals surface area contributed by atoms with Gasteiger partial charge in [-0.1, -0.05) is 41.8 Å². The molecule has 0 unspecified atom stereocenters. The lowest BCUT2D eigenvalue weighted by atomic mass is 10.2. The summed E-state index contributed by atoms with van der Waals surface area (Å²) in [4.78, 5) is 4.16.